The minimum atomic E-state index is -1.12. The lowest BCUT2D eigenvalue weighted by Gasteiger charge is -2.36. The largest absolute Gasteiger partial charge is 0.478 e. The number of rotatable bonds is 12. The first kappa shape index (κ1) is 72.4. The van der Waals surface area contributed by atoms with E-state index in [0.717, 1.165) is 128 Å². The van der Waals surface area contributed by atoms with Gasteiger partial charge in [0, 0.05) is 120 Å². The van der Waals surface area contributed by atoms with Gasteiger partial charge in [0.2, 0.25) is 0 Å². The highest BCUT2D eigenvalue weighted by molar-refractivity contribution is 6.34. The topological polar surface area (TPSA) is 293 Å². The minimum Gasteiger partial charge on any atom is -0.478 e. The number of carbonyl (C=O) groups excluding carboxylic acids is 3. The Morgan fingerprint density at radius 3 is 1.36 bits per heavy atom. The minimum absolute atomic E-state index is 0.0172. The number of H-pyrrole nitrogens is 2. The van der Waals surface area contributed by atoms with Crippen molar-refractivity contribution in [2.24, 2.45) is 5.73 Å². The van der Waals surface area contributed by atoms with Gasteiger partial charge in [-0.2, -0.15) is 0 Å². The van der Waals surface area contributed by atoms with Crippen molar-refractivity contribution in [2.75, 3.05) is 88.3 Å². The summed E-state index contributed by atoms with van der Waals surface area (Å²) in [4.78, 5) is 90.5. The van der Waals surface area contributed by atoms with Gasteiger partial charge in [-0.25, -0.2) is 23.2 Å². The van der Waals surface area contributed by atoms with Crippen molar-refractivity contribution in [3.05, 3.63) is 220 Å². The number of nitrogens with one attached hydrogen (secondary N) is 6. The number of aromatic carboxylic acids is 1. The lowest BCUT2D eigenvalue weighted by molar-refractivity contribution is 0.0695. The molecule has 0 saturated carbocycles. The number of benzene rings is 4. The number of hydrogen-bond acceptors (Lipinski definition) is 14. The van der Waals surface area contributed by atoms with Gasteiger partial charge in [0.15, 0.2) is 0 Å². The zero-order valence-corrected chi connectivity index (χ0v) is 54.9. The summed E-state index contributed by atoms with van der Waals surface area (Å²) in [6.07, 6.45) is 6.92. The molecular weight excluding hydrogens is 1300 g/mol. The van der Waals surface area contributed by atoms with E-state index in [4.69, 9.17) is 62.4 Å². The van der Waals surface area contributed by atoms with E-state index in [-0.39, 0.29) is 51.3 Å². The first-order valence-corrected chi connectivity index (χ1v) is 31.5. The third-order valence-electron chi connectivity index (χ3n) is 14.3. The number of aliphatic hydroxyl groups is 1. The molecule has 0 aliphatic carbocycles. The van der Waals surface area contributed by atoms with E-state index in [1.165, 1.54) is 22.6 Å². The first-order valence-electron chi connectivity index (χ1n) is 30.0. The summed E-state index contributed by atoms with van der Waals surface area (Å²) in [7, 11) is 0. The second-order valence-electron chi connectivity index (χ2n) is 20.9. The summed E-state index contributed by atoms with van der Waals surface area (Å²) < 4.78 is 28.2. The number of aromatic amines is 2. The van der Waals surface area contributed by atoms with Crippen molar-refractivity contribution in [1.29, 1.82) is 0 Å². The number of nitrogens with zero attached hydrogens (tertiary/aromatic N) is 7. The molecule has 0 radical (unpaired) electrons. The molecule has 0 spiro atoms. The average molecular weight is 1370 g/mol. The van der Waals surface area contributed by atoms with Gasteiger partial charge in [0.25, 0.3) is 17.7 Å². The molecule has 0 unspecified atom stereocenters. The van der Waals surface area contributed by atoms with E-state index in [1.807, 2.05) is 82.4 Å². The SMILES string of the molecule is CCN.CCNC(=O)c1ccc(F)c(Cl)c1.CCNC(=O)c1ccc(N2CCN(Cc3cnc4c(c3)[nH]c(=O)n3cccc43)CC2)c(Cl)c1.CCNC(=O)c1ccc(N2CCNCC2)c(Cl)c1.O=C(O)c1ccc(F)c(Cl)c1.O=c1[nH]c2cc(CO)cnc2c2cccn12. The number of pyridine rings is 2. The zero-order valence-electron chi connectivity index (χ0n) is 51.9. The fraction of sp³-hybridized carbons (Fsp3) is 0.273. The third-order valence-corrected chi connectivity index (χ3v) is 15.5. The van der Waals surface area contributed by atoms with Crippen LogP contribution in [-0.4, -0.2) is 146 Å². The van der Waals surface area contributed by atoms with Gasteiger partial charge in [0.1, 0.15) is 22.7 Å². The Labute approximate surface area is 559 Å². The summed E-state index contributed by atoms with van der Waals surface area (Å²) in [5.74, 6) is -2.69. The monoisotopic (exact) mass is 1370 g/mol. The molecule has 496 valence electrons. The predicted octanol–water partition coefficient (Wildman–Crippen LogP) is 9.44. The molecule has 2 saturated heterocycles. The Morgan fingerprint density at radius 2 is 0.947 bits per heavy atom. The molecule has 22 nitrogen and oxygen atoms in total. The fourth-order valence-corrected chi connectivity index (χ4v) is 10.8. The first-order chi connectivity index (χ1) is 45.2. The number of anilines is 2. The Morgan fingerprint density at radius 1 is 0.553 bits per heavy atom. The molecule has 6 aromatic heterocycles. The van der Waals surface area contributed by atoms with Crippen LogP contribution in [0.25, 0.3) is 33.1 Å². The standard InChI is InChI=1S/C24H25ClN6O2.C13H18ClN3O.C11H9N3O2.C9H9ClFNO.C7H4ClFO2.C2H7N/c1-2-26-23(32)17-5-6-20(18(25)13-17)30-10-8-29(9-11-30)15-16-12-19-22(27-14-16)21-4-3-7-31(21)24(33)28-19;1-2-16-13(18)10-3-4-12(11(14)9-10)17-7-5-15-6-8-17;15-6-7-4-8-10(12-5-7)9-2-1-3-14(9)11(16)13-8;1-2-12-9(13)6-3-4-8(11)7(10)5-6;8-5-3-4(7(10)11)1-2-6(5)9;1-2-3/h3-7,12-14H,2,8-11,15H2,1H3,(H,26,32)(H,28,33);3-4,9,15H,2,5-8H2,1H3,(H,16,18);1-5,15H,6H2,(H,13,16);3-5H,2H2,1H3,(H,12,13);1-3H,(H,10,11);2-3H2,1H3. The van der Waals surface area contributed by atoms with Crippen LogP contribution in [0.5, 0.6) is 0 Å². The molecule has 28 heteroatoms. The molecule has 10 N–H and O–H groups in total. The Hall–Kier alpha value is -8.98. The zero-order chi connectivity index (χ0) is 68.0. The lowest BCUT2D eigenvalue weighted by atomic mass is 10.1. The van der Waals surface area contributed by atoms with Gasteiger partial charge < -0.3 is 57.0 Å². The quantitative estimate of drug-likeness (QED) is 0.0550. The van der Waals surface area contributed by atoms with Gasteiger partial charge in [0.05, 0.1) is 65.7 Å². The van der Waals surface area contributed by atoms with Crippen LogP contribution in [0, 0.1) is 11.6 Å². The molecule has 2 aliphatic heterocycles. The summed E-state index contributed by atoms with van der Waals surface area (Å²) in [6, 6.07) is 29.2. The maximum Gasteiger partial charge on any atom is 0.335 e. The molecule has 10 aromatic rings. The number of carbonyl (C=O) groups is 4. The van der Waals surface area contributed by atoms with E-state index in [9.17, 15) is 37.5 Å². The predicted molar refractivity (Wildman–Crippen MR) is 367 cm³/mol. The number of piperazine rings is 2. The molecule has 12 rings (SSSR count). The van der Waals surface area contributed by atoms with Gasteiger partial charge in [-0.05, 0) is 148 Å². The van der Waals surface area contributed by atoms with Gasteiger partial charge in [-0.1, -0.05) is 53.3 Å². The van der Waals surface area contributed by atoms with E-state index >= 15 is 0 Å². The van der Waals surface area contributed by atoms with Crippen LogP contribution in [0.15, 0.2) is 144 Å². The number of hydrogen-bond donors (Lipinski definition) is 9. The van der Waals surface area contributed by atoms with Crippen LogP contribution < -0.4 is 48.2 Å². The molecule has 3 amide bonds. The summed E-state index contributed by atoms with van der Waals surface area (Å²) >= 11 is 23.6. The van der Waals surface area contributed by atoms with Crippen molar-refractivity contribution < 1.29 is 38.2 Å². The number of nitrogens with two attached hydrogens (primary N) is 1. The number of fused-ring (bicyclic) bond motifs is 6. The third kappa shape index (κ3) is 19.3. The van der Waals surface area contributed by atoms with Crippen LogP contribution in [0.1, 0.15) is 80.3 Å². The second-order valence-corrected chi connectivity index (χ2v) is 22.5. The Bertz CT molecular complexity index is 4380. The number of carboxylic acids is 1. The maximum atomic E-state index is 12.7. The molecule has 0 atom stereocenters. The molecule has 8 heterocycles. The van der Waals surface area contributed by atoms with Crippen LogP contribution in [-0.2, 0) is 13.2 Å². The average Bonchev–Trinajstić information content (AvgIpc) is 1.52. The molecule has 2 fully saturated rings. The summed E-state index contributed by atoms with van der Waals surface area (Å²) in [6.45, 7) is 17.9. The van der Waals surface area contributed by atoms with Gasteiger partial charge >= 0.3 is 17.3 Å². The van der Waals surface area contributed by atoms with Crippen LogP contribution in [0.2, 0.25) is 20.1 Å². The van der Waals surface area contributed by atoms with Crippen LogP contribution in [0.3, 0.4) is 0 Å². The Balaban J connectivity index is 0.000000175. The number of carboxylic acid groups (broad SMARTS) is 1. The van der Waals surface area contributed by atoms with Crippen molar-refractivity contribution in [1.82, 2.24) is 54.9 Å². The molecular formula is C66H72Cl4F2N14O8. The van der Waals surface area contributed by atoms with E-state index in [2.05, 4.69) is 55.9 Å². The normalized spacial score (nSPS) is 12.8. The van der Waals surface area contributed by atoms with E-state index in [1.54, 1.807) is 47.3 Å². The highest BCUT2D eigenvalue weighted by atomic mass is 35.5. The Kier molecular flexibility index (Phi) is 27.2. The van der Waals surface area contributed by atoms with Crippen molar-refractivity contribution >= 4 is 115 Å². The van der Waals surface area contributed by atoms with Crippen LogP contribution >= 0.6 is 46.4 Å². The molecule has 94 heavy (non-hydrogen) atoms. The molecule has 2 aliphatic rings. The smallest absolute Gasteiger partial charge is 0.335 e. The molecule has 0 bridgehead atoms. The van der Waals surface area contributed by atoms with Crippen molar-refractivity contribution in [3.8, 4) is 0 Å². The van der Waals surface area contributed by atoms with Gasteiger partial charge in [-0.3, -0.25) is 38.1 Å². The summed E-state index contributed by atoms with van der Waals surface area (Å²) in [5.41, 5.74) is 14.2. The van der Waals surface area contributed by atoms with Gasteiger partial charge in [-0.15, -0.1) is 0 Å². The second kappa shape index (κ2) is 35.3. The fourth-order valence-electron chi connectivity index (χ4n) is 9.81. The molecule has 4 aromatic carbocycles. The van der Waals surface area contributed by atoms with E-state index in [0.29, 0.717) is 57.5 Å². The highest BCUT2D eigenvalue weighted by Crippen LogP contribution is 2.30. The number of halogens is 6. The number of amides is 3. The lowest BCUT2D eigenvalue weighted by Crippen LogP contribution is -2.46. The van der Waals surface area contributed by atoms with Crippen molar-refractivity contribution in [3.63, 3.8) is 0 Å². The van der Waals surface area contributed by atoms with Crippen LogP contribution in [0.4, 0.5) is 20.2 Å². The van der Waals surface area contributed by atoms with E-state index < -0.39 is 17.6 Å². The highest BCUT2D eigenvalue weighted by Gasteiger charge is 2.22. The van der Waals surface area contributed by atoms with Crippen molar-refractivity contribution in [2.45, 2.75) is 40.8 Å². The number of aliphatic hydroxyl groups excluding tert-OH is 1. The number of aromatic nitrogens is 6. The summed E-state index contributed by atoms with van der Waals surface area (Å²) in [5, 5.41) is 29.9. The maximum absolute atomic E-state index is 12.7.